The number of likely N-dealkylation sites (N-methyl/N-ethyl adjacent to an activating group) is 1. The van der Waals surface area contributed by atoms with Crippen LogP contribution in [-0.4, -0.2) is 34.5 Å². The van der Waals surface area contributed by atoms with Crippen LogP contribution in [0.5, 0.6) is 0 Å². The van der Waals surface area contributed by atoms with Crippen LogP contribution in [0.15, 0.2) is 22.7 Å². The lowest BCUT2D eigenvalue weighted by atomic mass is 9.96. The number of nitrogens with zero attached hydrogens (tertiary/aromatic N) is 1. The highest BCUT2D eigenvalue weighted by molar-refractivity contribution is 9.10. The molecule has 6 heteroatoms. The summed E-state index contributed by atoms with van der Waals surface area (Å²) in [5.41, 5.74) is -0.458. The lowest BCUT2D eigenvalue weighted by Gasteiger charge is -2.33. The maximum atomic E-state index is 13.2. The molecule has 1 aromatic carbocycles. The van der Waals surface area contributed by atoms with Crippen molar-refractivity contribution < 1.29 is 19.1 Å². The third kappa shape index (κ3) is 4.03. The van der Waals surface area contributed by atoms with Crippen molar-refractivity contribution in [3.63, 3.8) is 0 Å². The van der Waals surface area contributed by atoms with E-state index in [2.05, 4.69) is 15.9 Å². The Labute approximate surface area is 132 Å². The number of carbonyl (C=O) groups is 2. The van der Waals surface area contributed by atoms with E-state index in [0.29, 0.717) is 10.9 Å². The Balaban J connectivity index is 2.83. The molecule has 1 rings (SSSR count). The number of hydrogen-bond acceptors (Lipinski definition) is 2. The molecule has 0 aliphatic carbocycles. The van der Waals surface area contributed by atoms with Crippen molar-refractivity contribution in [1.82, 2.24) is 4.90 Å². The molecule has 116 valence electrons. The number of hydrogen-bond donors (Lipinski definition) is 1. The summed E-state index contributed by atoms with van der Waals surface area (Å²) in [5.74, 6) is -2.08. The Hall–Kier alpha value is -1.43. The molecule has 1 N–H and O–H groups in total. The molecule has 4 nitrogen and oxygen atoms in total. The van der Waals surface area contributed by atoms with Gasteiger partial charge in [0.05, 0.1) is 4.47 Å². The van der Waals surface area contributed by atoms with E-state index in [1.165, 1.54) is 31.9 Å². The van der Waals surface area contributed by atoms with E-state index < -0.39 is 17.4 Å². The smallest absolute Gasteiger partial charge is 0.329 e. The monoisotopic (exact) mass is 359 g/mol. The lowest BCUT2D eigenvalue weighted by molar-refractivity contribution is -0.156. The quantitative estimate of drug-likeness (QED) is 0.878. The molecule has 0 aromatic heterocycles. The lowest BCUT2D eigenvalue weighted by Crippen LogP contribution is -2.52. The Morgan fingerprint density at radius 1 is 1.43 bits per heavy atom. The largest absolute Gasteiger partial charge is 0.480 e. The highest BCUT2D eigenvalue weighted by atomic mass is 79.9. The molecule has 0 spiro atoms. The summed E-state index contributed by atoms with van der Waals surface area (Å²) in [4.78, 5) is 24.8. The van der Waals surface area contributed by atoms with Crippen molar-refractivity contribution in [2.45, 2.75) is 32.7 Å². The Morgan fingerprint density at radius 3 is 2.48 bits per heavy atom. The first kappa shape index (κ1) is 17.6. The predicted octanol–water partition coefficient (Wildman–Crippen LogP) is 3.09. The Morgan fingerprint density at radius 2 is 2.00 bits per heavy atom. The van der Waals surface area contributed by atoms with E-state index >= 15 is 0 Å². The molecule has 1 amide bonds. The van der Waals surface area contributed by atoms with Gasteiger partial charge in [0.1, 0.15) is 11.4 Å². The van der Waals surface area contributed by atoms with Gasteiger partial charge >= 0.3 is 5.97 Å². The summed E-state index contributed by atoms with van der Waals surface area (Å²) in [5, 5.41) is 9.16. The van der Waals surface area contributed by atoms with E-state index in [-0.39, 0.29) is 11.7 Å². The number of carboxylic acid groups (broad SMARTS) is 1. The highest BCUT2D eigenvalue weighted by Gasteiger charge is 2.36. The van der Waals surface area contributed by atoms with Crippen LogP contribution in [0.1, 0.15) is 26.3 Å². The van der Waals surface area contributed by atoms with Crippen molar-refractivity contribution in [3.05, 3.63) is 34.1 Å². The number of benzene rings is 1. The van der Waals surface area contributed by atoms with Gasteiger partial charge in [0.2, 0.25) is 5.91 Å². The summed E-state index contributed by atoms with van der Waals surface area (Å²) in [6.45, 7) is 4.69. The van der Waals surface area contributed by atoms with Gasteiger partial charge in [-0.05, 0) is 53.9 Å². The van der Waals surface area contributed by atoms with E-state index in [9.17, 15) is 14.0 Å². The van der Waals surface area contributed by atoms with Gasteiger partial charge in [-0.25, -0.2) is 9.18 Å². The number of amides is 1. The number of carboxylic acids is 1. The third-order valence-electron chi connectivity index (χ3n) is 3.64. The summed E-state index contributed by atoms with van der Waals surface area (Å²) in [6.07, 6.45) is 0.414. The van der Waals surface area contributed by atoms with Crippen LogP contribution < -0.4 is 0 Å². The van der Waals surface area contributed by atoms with Crippen LogP contribution in [0.3, 0.4) is 0 Å². The maximum absolute atomic E-state index is 13.2. The first-order valence-corrected chi connectivity index (χ1v) is 7.31. The zero-order chi connectivity index (χ0) is 16.4. The molecule has 21 heavy (non-hydrogen) atoms. The van der Waals surface area contributed by atoms with Crippen molar-refractivity contribution in [2.24, 2.45) is 5.92 Å². The standard InChI is InChI=1S/C15H19BrFNO3/c1-9(7-10-5-6-12(17)11(16)8-10)13(19)18(4)15(2,3)14(20)21/h5-6,8-9H,7H2,1-4H3,(H,20,21). The fourth-order valence-corrected chi connectivity index (χ4v) is 2.28. The molecular weight excluding hydrogens is 341 g/mol. The summed E-state index contributed by atoms with van der Waals surface area (Å²) >= 11 is 3.10. The molecule has 0 saturated heterocycles. The van der Waals surface area contributed by atoms with Gasteiger partial charge in [0.25, 0.3) is 0 Å². The van der Waals surface area contributed by atoms with Crippen LogP contribution in [-0.2, 0) is 16.0 Å². The fourth-order valence-electron chi connectivity index (χ4n) is 1.86. The molecule has 0 fully saturated rings. The summed E-state index contributed by atoms with van der Waals surface area (Å²) < 4.78 is 13.5. The minimum atomic E-state index is -1.27. The molecule has 1 unspecified atom stereocenters. The van der Waals surface area contributed by atoms with Gasteiger partial charge in [-0.2, -0.15) is 0 Å². The number of aliphatic carboxylic acids is 1. The molecule has 0 bridgehead atoms. The van der Waals surface area contributed by atoms with Crippen LogP contribution in [0, 0.1) is 11.7 Å². The average molecular weight is 360 g/mol. The highest BCUT2D eigenvalue weighted by Crippen LogP contribution is 2.21. The molecule has 0 saturated carbocycles. The Kier molecular flexibility index (Phi) is 5.50. The molecule has 1 aromatic rings. The average Bonchev–Trinajstić information content (AvgIpc) is 2.40. The van der Waals surface area contributed by atoms with Crippen molar-refractivity contribution >= 4 is 27.8 Å². The van der Waals surface area contributed by atoms with Crippen LogP contribution in [0.25, 0.3) is 0 Å². The number of halogens is 2. The number of rotatable bonds is 5. The first-order chi connectivity index (χ1) is 9.57. The molecule has 0 heterocycles. The van der Waals surface area contributed by atoms with Crippen LogP contribution in [0.2, 0.25) is 0 Å². The molecule has 0 aliphatic heterocycles. The van der Waals surface area contributed by atoms with Gasteiger partial charge in [-0.15, -0.1) is 0 Å². The van der Waals surface area contributed by atoms with E-state index in [4.69, 9.17) is 5.11 Å². The van der Waals surface area contributed by atoms with Gasteiger partial charge < -0.3 is 10.0 Å². The van der Waals surface area contributed by atoms with Gasteiger partial charge in [0.15, 0.2) is 0 Å². The minimum absolute atomic E-state index is 0.261. The van der Waals surface area contributed by atoms with Gasteiger partial charge in [-0.1, -0.05) is 13.0 Å². The maximum Gasteiger partial charge on any atom is 0.329 e. The van der Waals surface area contributed by atoms with E-state index in [0.717, 1.165) is 5.56 Å². The van der Waals surface area contributed by atoms with Crippen molar-refractivity contribution in [2.75, 3.05) is 7.05 Å². The predicted molar refractivity (Wildman–Crippen MR) is 81.5 cm³/mol. The summed E-state index contributed by atoms with van der Waals surface area (Å²) in [6, 6.07) is 4.58. The first-order valence-electron chi connectivity index (χ1n) is 6.52. The van der Waals surface area contributed by atoms with Gasteiger partial charge in [0, 0.05) is 13.0 Å². The normalized spacial score (nSPS) is 12.9. The molecular formula is C15H19BrFNO3. The zero-order valence-corrected chi connectivity index (χ0v) is 14.1. The van der Waals surface area contributed by atoms with Crippen molar-refractivity contribution in [1.29, 1.82) is 0 Å². The second kappa shape index (κ2) is 6.56. The SMILES string of the molecule is CC(Cc1ccc(F)c(Br)c1)C(=O)N(C)C(C)(C)C(=O)O. The molecule has 0 radical (unpaired) electrons. The van der Waals surface area contributed by atoms with Gasteiger partial charge in [-0.3, -0.25) is 4.79 Å². The fraction of sp³-hybridized carbons (Fsp3) is 0.467. The number of carbonyl (C=O) groups excluding carboxylic acids is 1. The molecule has 1 atom stereocenters. The second-order valence-electron chi connectivity index (χ2n) is 5.62. The summed E-state index contributed by atoms with van der Waals surface area (Å²) in [7, 11) is 1.48. The van der Waals surface area contributed by atoms with Crippen LogP contribution >= 0.6 is 15.9 Å². The van der Waals surface area contributed by atoms with E-state index in [1.54, 1.807) is 19.1 Å². The van der Waals surface area contributed by atoms with Crippen LogP contribution in [0.4, 0.5) is 4.39 Å². The van der Waals surface area contributed by atoms with Crippen molar-refractivity contribution in [3.8, 4) is 0 Å². The topological polar surface area (TPSA) is 57.6 Å². The molecule has 0 aliphatic rings. The second-order valence-corrected chi connectivity index (χ2v) is 6.47. The Bertz CT molecular complexity index is 560. The zero-order valence-electron chi connectivity index (χ0n) is 12.5. The van der Waals surface area contributed by atoms with E-state index in [1.807, 2.05) is 0 Å². The minimum Gasteiger partial charge on any atom is -0.480 e. The third-order valence-corrected chi connectivity index (χ3v) is 4.25.